The quantitative estimate of drug-likeness (QED) is 0.558. The molecule has 0 saturated heterocycles. The van der Waals surface area contributed by atoms with Gasteiger partial charge in [-0.1, -0.05) is 6.07 Å². The Labute approximate surface area is 72.5 Å². The molecule has 0 aliphatic rings. The minimum Gasteiger partial charge on any atom is -0.398 e. The fourth-order valence-corrected chi connectivity index (χ4v) is 1.20. The molecule has 6 N–H and O–H groups in total. The van der Waals surface area contributed by atoms with Crippen LogP contribution < -0.4 is 17.2 Å². The van der Waals surface area contributed by atoms with Crippen molar-refractivity contribution in [3.05, 3.63) is 28.8 Å². The summed E-state index contributed by atoms with van der Waals surface area (Å²) in [4.78, 5) is 0. The maximum Gasteiger partial charge on any atom is 0.0350 e. The summed E-state index contributed by atoms with van der Waals surface area (Å²) < 4.78 is 0. The fourth-order valence-electron chi connectivity index (χ4n) is 1.20. The van der Waals surface area contributed by atoms with Crippen LogP contribution in [-0.2, 0) is 13.1 Å². The van der Waals surface area contributed by atoms with Crippen LogP contribution in [0.15, 0.2) is 12.1 Å². The molecule has 0 heterocycles. The topological polar surface area (TPSA) is 78.1 Å². The summed E-state index contributed by atoms with van der Waals surface area (Å²) in [5.41, 5.74) is 20.8. The molecular formula is C9H15N3. The lowest BCUT2D eigenvalue weighted by Gasteiger charge is -2.08. The van der Waals surface area contributed by atoms with Gasteiger partial charge in [-0.2, -0.15) is 0 Å². The van der Waals surface area contributed by atoms with Gasteiger partial charge in [-0.25, -0.2) is 0 Å². The summed E-state index contributed by atoms with van der Waals surface area (Å²) in [6.07, 6.45) is 0. The van der Waals surface area contributed by atoms with Gasteiger partial charge in [-0.15, -0.1) is 0 Å². The molecule has 0 unspecified atom stereocenters. The van der Waals surface area contributed by atoms with E-state index in [0.29, 0.717) is 13.1 Å². The molecule has 66 valence electrons. The summed E-state index contributed by atoms with van der Waals surface area (Å²) >= 11 is 0. The van der Waals surface area contributed by atoms with Gasteiger partial charge >= 0.3 is 0 Å². The van der Waals surface area contributed by atoms with Crippen LogP contribution in [0.25, 0.3) is 0 Å². The Bertz CT molecular complexity index is 281. The van der Waals surface area contributed by atoms with E-state index in [2.05, 4.69) is 0 Å². The van der Waals surface area contributed by atoms with Crippen molar-refractivity contribution in [2.24, 2.45) is 11.5 Å². The minimum atomic E-state index is 0.511. The largest absolute Gasteiger partial charge is 0.398 e. The van der Waals surface area contributed by atoms with E-state index < -0.39 is 0 Å². The van der Waals surface area contributed by atoms with E-state index >= 15 is 0 Å². The molecule has 12 heavy (non-hydrogen) atoms. The van der Waals surface area contributed by atoms with Crippen molar-refractivity contribution in [1.29, 1.82) is 0 Å². The fraction of sp³-hybridized carbons (Fsp3) is 0.333. The van der Waals surface area contributed by atoms with Crippen molar-refractivity contribution in [3.63, 3.8) is 0 Å². The molecule has 0 spiro atoms. The lowest BCUT2D eigenvalue weighted by Crippen LogP contribution is -2.05. The monoisotopic (exact) mass is 165 g/mol. The standard InChI is InChI=1S/C9H15N3/c1-6-8(5-11)2-7(4-10)3-9(6)12/h2-3H,4-5,10-12H2,1H3. The van der Waals surface area contributed by atoms with Crippen LogP contribution in [0.1, 0.15) is 16.7 Å². The lowest BCUT2D eigenvalue weighted by atomic mass is 10.0. The Hall–Kier alpha value is -1.06. The van der Waals surface area contributed by atoms with Crippen LogP contribution >= 0.6 is 0 Å². The second-order valence-corrected chi connectivity index (χ2v) is 2.88. The van der Waals surface area contributed by atoms with Crippen molar-refractivity contribution in [3.8, 4) is 0 Å². The first kappa shape index (κ1) is 9.03. The Morgan fingerprint density at radius 1 is 1.17 bits per heavy atom. The van der Waals surface area contributed by atoms with Crippen LogP contribution in [0.3, 0.4) is 0 Å². The zero-order chi connectivity index (χ0) is 9.14. The molecule has 0 amide bonds. The number of nitrogens with two attached hydrogens (primary N) is 3. The third-order valence-electron chi connectivity index (χ3n) is 2.07. The molecule has 1 aromatic carbocycles. The number of hydrogen-bond acceptors (Lipinski definition) is 3. The highest BCUT2D eigenvalue weighted by Crippen LogP contribution is 2.18. The minimum absolute atomic E-state index is 0.511. The van der Waals surface area contributed by atoms with Crippen LogP contribution in [-0.4, -0.2) is 0 Å². The summed E-state index contributed by atoms with van der Waals surface area (Å²) in [5.74, 6) is 0. The van der Waals surface area contributed by atoms with Crippen LogP contribution in [0.2, 0.25) is 0 Å². The molecule has 0 aromatic heterocycles. The second kappa shape index (κ2) is 3.56. The smallest absolute Gasteiger partial charge is 0.0350 e. The maximum absolute atomic E-state index is 5.76. The molecule has 0 saturated carbocycles. The molecule has 0 atom stereocenters. The van der Waals surface area contributed by atoms with Gasteiger partial charge < -0.3 is 17.2 Å². The summed E-state index contributed by atoms with van der Waals surface area (Å²) in [6.45, 7) is 3.00. The van der Waals surface area contributed by atoms with Gasteiger partial charge in [-0.05, 0) is 29.7 Å². The molecule has 0 bridgehead atoms. The van der Waals surface area contributed by atoms with Gasteiger partial charge in [0.1, 0.15) is 0 Å². The molecule has 0 fully saturated rings. The molecule has 1 rings (SSSR count). The van der Waals surface area contributed by atoms with Crippen molar-refractivity contribution < 1.29 is 0 Å². The van der Waals surface area contributed by atoms with Gasteiger partial charge in [0.25, 0.3) is 0 Å². The van der Waals surface area contributed by atoms with Crippen LogP contribution in [0, 0.1) is 6.92 Å². The molecular weight excluding hydrogens is 150 g/mol. The molecule has 0 aliphatic heterocycles. The number of benzene rings is 1. The zero-order valence-electron chi connectivity index (χ0n) is 7.30. The molecule has 0 aliphatic carbocycles. The van der Waals surface area contributed by atoms with Crippen molar-refractivity contribution in [1.82, 2.24) is 0 Å². The lowest BCUT2D eigenvalue weighted by molar-refractivity contribution is 1.01. The second-order valence-electron chi connectivity index (χ2n) is 2.88. The van der Waals surface area contributed by atoms with E-state index in [1.54, 1.807) is 0 Å². The van der Waals surface area contributed by atoms with E-state index in [1.165, 1.54) is 0 Å². The van der Waals surface area contributed by atoms with E-state index in [1.807, 2.05) is 19.1 Å². The first-order valence-corrected chi connectivity index (χ1v) is 3.97. The van der Waals surface area contributed by atoms with Crippen molar-refractivity contribution in [2.75, 3.05) is 5.73 Å². The van der Waals surface area contributed by atoms with Crippen molar-refractivity contribution >= 4 is 5.69 Å². The predicted octanol–water partition coefficient (Wildman–Crippen LogP) is 0.495. The van der Waals surface area contributed by atoms with Gasteiger partial charge in [0.05, 0.1) is 0 Å². The maximum atomic E-state index is 5.76. The van der Waals surface area contributed by atoms with Gasteiger partial charge in [0, 0.05) is 18.8 Å². The first-order chi connectivity index (χ1) is 5.69. The Morgan fingerprint density at radius 3 is 2.33 bits per heavy atom. The highest BCUT2D eigenvalue weighted by atomic mass is 14.6. The van der Waals surface area contributed by atoms with E-state index in [0.717, 1.165) is 22.4 Å². The first-order valence-electron chi connectivity index (χ1n) is 3.97. The third kappa shape index (κ3) is 1.57. The average molecular weight is 165 g/mol. The highest BCUT2D eigenvalue weighted by molar-refractivity contribution is 5.52. The SMILES string of the molecule is Cc1c(N)cc(CN)cc1CN. The average Bonchev–Trinajstić information content (AvgIpc) is 2.09. The number of rotatable bonds is 2. The number of anilines is 1. The van der Waals surface area contributed by atoms with Crippen LogP contribution in [0.5, 0.6) is 0 Å². The molecule has 3 nitrogen and oxygen atoms in total. The van der Waals surface area contributed by atoms with E-state index in [-0.39, 0.29) is 0 Å². The zero-order valence-corrected chi connectivity index (χ0v) is 7.30. The van der Waals surface area contributed by atoms with Crippen LogP contribution in [0.4, 0.5) is 5.69 Å². The summed E-state index contributed by atoms with van der Waals surface area (Å²) in [5, 5.41) is 0. The third-order valence-corrected chi connectivity index (χ3v) is 2.07. The van der Waals surface area contributed by atoms with Gasteiger partial charge in [0.15, 0.2) is 0 Å². The van der Waals surface area contributed by atoms with Gasteiger partial charge in [-0.3, -0.25) is 0 Å². The van der Waals surface area contributed by atoms with Crippen molar-refractivity contribution in [2.45, 2.75) is 20.0 Å². The summed E-state index contributed by atoms with van der Waals surface area (Å²) in [6, 6.07) is 3.90. The van der Waals surface area contributed by atoms with E-state index in [9.17, 15) is 0 Å². The molecule has 0 radical (unpaired) electrons. The summed E-state index contributed by atoms with van der Waals surface area (Å²) in [7, 11) is 0. The number of nitrogen functional groups attached to an aromatic ring is 1. The highest BCUT2D eigenvalue weighted by Gasteiger charge is 2.01. The van der Waals surface area contributed by atoms with Gasteiger partial charge in [0.2, 0.25) is 0 Å². The Morgan fingerprint density at radius 2 is 1.83 bits per heavy atom. The Balaban J connectivity index is 3.19. The van der Waals surface area contributed by atoms with E-state index in [4.69, 9.17) is 17.2 Å². The predicted molar refractivity (Wildman–Crippen MR) is 51.4 cm³/mol. The molecule has 3 heteroatoms. The molecule has 1 aromatic rings. The normalized spacial score (nSPS) is 10.2. The number of hydrogen-bond donors (Lipinski definition) is 3. The Kier molecular flexibility index (Phi) is 2.68.